The second-order valence-electron chi connectivity index (χ2n) is 5.13. The van der Waals surface area contributed by atoms with E-state index in [-0.39, 0.29) is 29.9 Å². The molecule has 0 saturated carbocycles. The standard InChI is InChI=1S/C13H14FN5O3/c1-2-13(5-20)8(21)3-7(22-13)4-19-6-16-9-10(15)17-12(14)18-11(9)19/h1,6-8,20-21H,3-5H2,(H2,15,17,18)/t7-,8+,13-/m1/s1. The molecule has 0 aromatic carbocycles. The molecular weight excluding hydrogens is 293 g/mol. The second-order valence-corrected chi connectivity index (χ2v) is 5.13. The number of aromatic nitrogens is 4. The van der Waals surface area contributed by atoms with Gasteiger partial charge in [0.1, 0.15) is 5.52 Å². The monoisotopic (exact) mass is 307 g/mol. The van der Waals surface area contributed by atoms with Crippen molar-refractivity contribution in [1.29, 1.82) is 0 Å². The first kappa shape index (κ1) is 14.6. The average molecular weight is 307 g/mol. The van der Waals surface area contributed by atoms with Crippen LogP contribution in [0.3, 0.4) is 0 Å². The number of halogens is 1. The molecule has 0 unspecified atom stereocenters. The van der Waals surface area contributed by atoms with Gasteiger partial charge in [0.2, 0.25) is 0 Å². The molecule has 0 radical (unpaired) electrons. The smallest absolute Gasteiger partial charge is 0.312 e. The van der Waals surface area contributed by atoms with Crippen LogP contribution in [0.25, 0.3) is 11.2 Å². The molecule has 4 N–H and O–H groups in total. The van der Waals surface area contributed by atoms with Crippen molar-refractivity contribution < 1.29 is 19.3 Å². The number of hydrogen-bond donors (Lipinski definition) is 3. The second kappa shape index (κ2) is 5.17. The van der Waals surface area contributed by atoms with Crippen molar-refractivity contribution in [3.63, 3.8) is 0 Å². The van der Waals surface area contributed by atoms with E-state index in [1.54, 1.807) is 0 Å². The Morgan fingerprint density at radius 3 is 3.00 bits per heavy atom. The van der Waals surface area contributed by atoms with E-state index in [1.165, 1.54) is 10.9 Å². The largest absolute Gasteiger partial charge is 0.392 e. The van der Waals surface area contributed by atoms with Gasteiger partial charge in [0.05, 0.1) is 31.7 Å². The Hall–Kier alpha value is -2.28. The molecule has 3 rings (SSSR count). The van der Waals surface area contributed by atoms with Crippen LogP contribution < -0.4 is 5.73 Å². The molecule has 2 aromatic heterocycles. The van der Waals surface area contributed by atoms with Gasteiger partial charge in [0.25, 0.3) is 0 Å². The van der Waals surface area contributed by atoms with Crippen LogP contribution in [0.4, 0.5) is 10.2 Å². The van der Waals surface area contributed by atoms with E-state index in [0.29, 0.717) is 0 Å². The molecule has 22 heavy (non-hydrogen) atoms. The van der Waals surface area contributed by atoms with Crippen molar-refractivity contribution in [2.75, 3.05) is 12.3 Å². The number of aliphatic hydroxyl groups is 2. The fourth-order valence-electron chi connectivity index (χ4n) is 2.59. The van der Waals surface area contributed by atoms with Crippen LogP contribution in [-0.2, 0) is 11.3 Å². The molecule has 0 amide bonds. The number of fused-ring (bicyclic) bond motifs is 1. The summed E-state index contributed by atoms with van der Waals surface area (Å²) in [5.41, 5.74) is 4.68. The highest BCUT2D eigenvalue weighted by Crippen LogP contribution is 2.31. The number of nitrogens with two attached hydrogens (primary N) is 1. The predicted molar refractivity (Wildman–Crippen MR) is 73.8 cm³/mol. The molecule has 2 aromatic rings. The Morgan fingerprint density at radius 1 is 1.59 bits per heavy atom. The van der Waals surface area contributed by atoms with E-state index < -0.39 is 30.5 Å². The van der Waals surface area contributed by atoms with Gasteiger partial charge in [0, 0.05) is 6.42 Å². The van der Waals surface area contributed by atoms with Gasteiger partial charge in [0.15, 0.2) is 17.1 Å². The molecule has 8 nitrogen and oxygen atoms in total. The lowest BCUT2D eigenvalue weighted by atomic mass is 9.98. The van der Waals surface area contributed by atoms with Crippen molar-refractivity contribution in [2.24, 2.45) is 0 Å². The minimum absolute atomic E-state index is 0.0537. The van der Waals surface area contributed by atoms with Crippen LogP contribution in [0.5, 0.6) is 0 Å². The fraction of sp³-hybridized carbons (Fsp3) is 0.462. The molecule has 1 fully saturated rings. The zero-order chi connectivity index (χ0) is 15.9. The highest BCUT2D eigenvalue weighted by Gasteiger charge is 2.46. The number of nitrogen functional groups attached to an aromatic ring is 1. The van der Waals surface area contributed by atoms with Gasteiger partial charge in [-0.15, -0.1) is 6.42 Å². The predicted octanol–water partition coefficient (Wildman–Crippen LogP) is -0.938. The third kappa shape index (κ3) is 2.18. The van der Waals surface area contributed by atoms with Crippen molar-refractivity contribution in [3.05, 3.63) is 12.4 Å². The van der Waals surface area contributed by atoms with Crippen molar-refractivity contribution in [1.82, 2.24) is 19.5 Å². The van der Waals surface area contributed by atoms with Crippen LogP contribution in [0, 0.1) is 18.4 Å². The summed E-state index contributed by atoms with van der Waals surface area (Å²) in [6.45, 7) is -0.261. The van der Waals surface area contributed by atoms with Gasteiger partial charge in [-0.25, -0.2) is 4.98 Å². The van der Waals surface area contributed by atoms with Crippen molar-refractivity contribution >= 4 is 17.0 Å². The molecule has 1 aliphatic heterocycles. The molecule has 116 valence electrons. The lowest BCUT2D eigenvalue weighted by molar-refractivity contribution is -0.0739. The van der Waals surface area contributed by atoms with Gasteiger partial charge in [-0.2, -0.15) is 14.4 Å². The Bertz CT molecular complexity index is 758. The van der Waals surface area contributed by atoms with E-state index in [4.69, 9.17) is 16.9 Å². The molecule has 1 aliphatic rings. The summed E-state index contributed by atoms with van der Waals surface area (Å²) in [6, 6.07) is 0. The van der Waals surface area contributed by atoms with E-state index in [1.807, 2.05) is 0 Å². The van der Waals surface area contributed by atoms with Gasteiger partial charge in [-0.05, 0) is 0 Å². The maximum atomic E-state index is 13.3. The van der Waals surface area contributed by atoms with Gasteiger partial charge in [-0.3, -0.25) is 0 Å². The van der Waals surface area contributed by atoms with Crippen molar-refractivity contribution in [3.8, 4) is 12.3 Å². The summed E-state index contributed by atoms with van der Waals surface area (Å²) in [5.74, 6) is 2.24. The third-order valence-electron chi connectivity index (χ3n) is 3.74. The number of ether oxygens (including phenoxy) is 1. The minimum Gasteiger partial charge on any atom is -0.392 e. The Balaban J connectivity index is 1.88. The molecule has 3 atom stereocenters. The number of anilines is 1. The number of hydrogen-bond acceptors (Lipinski definition) is 7. The molecule has 3 heterocycles. The molecule has 0 aliphatic carbocycles. The summed E-state index contributed by atoms with van der Waals surface area (Å²) < 4.78 is 20.4. The van der Waals surface area contributed by atoms with Crippen LogP contribution >= 0.6 is 0 Å². The van der Waals surface area contributed by atoms with E-state index in [2.05, 4.69) is 20.9 Å². The molecule has 0 bridgehead atoms. The van der Waals surface area contributed by atoms with Gasteiger partial charge >= 0.3 is 6.08 Å². The normalized spacial score (nSPS) is 28.1. The summed E-state index contributed by atoms with van der Waals surface area (Å²) >= 11 is 0. The average Bonchev–Trinajstić information content (AvgIpc) is 3.01. The SMILES string of the molecule is C#C[C@]1(CO)O[C@@H](Cn2cnc3c(N)nc(F)nc32)C[C@@H]1O. The number of imidazole rings is 1. The van der Waals surface area contributed by atoms with Crippen molar-refractivity contribution in [2.45, 2.75) is 30.8 Å². The third-order valence-corrected chi connectivity index (χ3v) is 3.74. The minimum atomic E-state index is -1.42. The summed E-state index contributed by atoms with van der Waals surface area (Å²) in [6.07, 6.45) is 4.58. The first-order valence-corrected chi connectivity index (χ1v) is 6.57. The lowest BCUT2D eigenvalue weighted by Crippen LogP contribution is -2.41. The van der Waals surface area contributed by atoms with Crippen LogP contribution in [0.1, 0.15) is 6.42 Å². The highest BCUT2D eigenvalue weighted by molar-refractivity contribution is 5.81. The highest BCUT2D eigenvalue weighted by atomic mass is 19.1. The molecule has 9 heteroatoms. The molecule has 0 spiro atoms. The van der Waals surface area contributed by atoms with E-state index in [0.717, 1.165) is 0 Å². The van der Waals surface area contributed by atoms with Crippen LogP contribution in [0.15, 0.2) is 6.33 Å². The summed E-state index contributed by atoms with van der Waals surface area (Å²) in [7, 11) is 0. The number of rotatable bonds is 3. The number of aliphatic hydroxyl groups excluding tert-OH is 2. The maximum Gasteiger partial charge on any atom is 0.312 e. The zero-order valence-corrected chi connectivity index (χ0v) is 11.5. The Kier molecular flexibility index (Phi) is 3.44. The van der Waals surface area contributed by atoms with E-state index in [9.17, 15) is 14.6 Å². The zero-order valence-electron chi connectivity index (χ0n) is 11.5. The first-order chi connectivity index (χ1) is 10.5. The van der Waals surface area contributed by atoms with Crippen LogP contribution in [-0.4, -0.2) is 54.1 Å². The summed E-state index contributed by atoms with van der Waals surface area (Å²) in [5, 5.41) is 19.3. The first-order valence-electron chi connectivity index (χ1n) is 6.57. The quantitative estimate of drug-likeness (QED) is 0.494. The Morgan fingerprint density at radius 2 is 2.36 bits per heavy atom. The van der Waals surface area contributed by atoms with Crippen LogP contribution in [0.2, 0.25) is 0 Å². The fourth-order valence-corrected chi connectivity index (χ4v) is 2.59. The van der Waals surface area contributed by atoms with Gasteiger partial charge in [-0.1, -0.05) is 5.92 Å². The van der Waals surface area contributed by atoms with E-state index >= 15 is 0 Å². The Labute approximate surface area is 124 Å². The number of nitrogens with zero attached hydrogens (tertiary/aromatic N) is 4. The van der Waals surface area contributed by atoms with Gasteiger partial charge < -0.3 is 25.3 Å². The molecule has 1 saturated heterocycles. The number of terminal acetylenes is 1. The summed E-state index contributed by atoms with van der Waals surface area (Å²) in [4.78, 5) is 11.1. The maximum absolute atomic E-state index is 13.3. The topological polar surface area (TPSA) is 119 Å². The molecular formula is C13H14FN5O3. The lowest BCUT2D eigenvalue weighted by Gasteiger charge is -2.23.